The van der Waals surface area contributed by atoms with Crippen LogP contribution < -0.4 is 4.74 Å². The van der Waals surface area contributed by atoms with E-state index >= 15 is 0 Å². The smallest absolute Gasteiger partial charge is 0.190 e. The molecular weight excluding hydrogens is 246 g/mol. The molecule has 0 bridgehead atoms. The van der Waals surface area contributed by atoms with Gasteiger partial charge in [0.2, 0.25) is 0 Å². The Balaban J connectivity index is 1.70. The van der Waals surface area contributed by atoms with Crippen molar-refractivity contribution in [3.63, 3.8) is 0 Å². The lowest BCUT2D eigenvalue weighted by atomic mass is 10.1. The zero-order chi connectivity index (χ0) is 14.3. The molecule has 1 N–H and O–H groups in total. The summed E-state index contributed by atoms with van der Waals surface area (Å²) < 4.78 is 5.58. The van der Waals surface area contributed by atoms with Gasteiger partial charge in [0.1, 0.15) is 0 Å². The van der Waals surface area contributed by atoms with E-state index in [1.165, 1.54) is 77.0 Å². The van der Waals surface area contributed by atoms with E-state index in [2.05, 4.69) is 11.9 Å². The van der Waals surface area contributed by atoms with E-state index in [-0.39, 0.29) is 0 Å². The van der Waals surface area contributed by atoms with Gasteiger partial charge >= 0.3 is 0 Å². The van der Waals surface area contributed by atoms with Crippen LogP contribution in [0.25, 0.3) is 0 Å². The van der Waals surface area contributed by atoms with Gasteiger partial charge in [0.05, 0.1) is 6.61 Å². The van der Waals surface area contributed by atoms with Crippen LogP contribution in [0.5, 0.6) is 5.88 Å². The Kier molecular flexibility index (Phi) is 11.2. The summed E-state index contributed by atoms with van der Waals surface area (Å²) in [4.78, 5) is 3.06. The van der Waals surface area contributed by atoms with Crippen molar-refractivity contribution in [2.45, 2.75) is 84.0 Å². The first-order valence-corrected chi connectivity index (χ1v) is 8.69. The van der Waals surface area contributed by atoms with Gasteiger partial charge < -0.3 is 9.72 Å². The number of hydrogen-bond acceptors (Lipinski definition) is 1. The zero-order valence-corrected chi connectivity index (χ0v) is 13.3. The van der Waals surface area contributed by atoms with Crippen molar-refractivity contribution in [2.75, 3.05) is 6.61 Å². The minimum atomic E-state index is 0.845. The Morgan fingerprint density at radius 3 is 1.85 bits per heavy atom. The second-order valence-electron chi connectivity index (χ2n) is 5.77. The Morgan fingerprint density at radius 1 is 0.800 bits per heavy atom. The molecular formula is C18H33NO. The first kappa shape index (κ1) is 17.1. The number of aromatic amines is 1. The predicted molar refractivity (Wildman–Crippen MR) is 87.4 cm³/mol. The van der Waals surface area contributed by atoms with Crippen LogP contribution in [-0.2, 0) is 0 Å². The van der Waals surface area contributed by atoms with Gasteiger partial charge in [-0.3, -0.25) is 0 Å². The topological polar surface area (TPSA) is 25.0 Å². The summed E-state index contributed by atoms with van der Waals surface area (Å²) >= 11 is 0. The number of rotatable bonds is 14. The van der Waals surface area contributed by atoms with Gasteiger partial charge in [-0.05, 0) is 18.6 Å². The largest absolute Gasteiger partial charge is 0.479 e. The number of aromatic nitrogens is 1. The van der Waals surface area contributed by atoms with E-state index < -0.39 is 0 Å². The van der Waals surface area contributed by atoms with E-state index in [0.29, 0.717) is 0 Å². The third-order valence-corrected chi connectivity index (χ3v) is 3.82. The van der Waals surface area contributed by atoms with Gasteiger partial charge in [-0.2, -0.15) is 0 Å². The molecule has 0 aliphatic carbocycles. The molecule has 0 saturated heterocycles. The van der Waals surface area contributed by atoms with E-state index in [0.717, 1.165) is 12.5 Å². The Morgan fingerprint density at radius 2 is 1.35 bits per heavy atom. The van der Waals surface area contributed by atoms with Crippen molar-refractivity contribution < 1.29 is 4.74 Å². The summed E-state index contributed by atoms with van der Waals surface area (Å²) in [5.41, 5.74) is 0. The summed E-state index contributed by atoms with van der Waals surface area (Å²) in [6.07, 6.45) is 18.6. The first-order valence-electron chi connectivity index (χ1n) is 8.69. The summed E-state index contributed by atoms with van der Waals surface area (Å²) in [6, 6.07) is 3.94. The van der Waals surface area contributed by atoms with Crippen LogP contribution in [-0.4, -0.2) is 11.6 Å². The van der Waals surface area contributed by atoms with Crippen LogP contribution in [0.2, 0.25) is 0 Å². The second kappa shape index (κ2) is 13.1. The lowest BCUT2D eigenvalue weighted by molar-refractivity contribution is 0.295. The Bertz CT molecular complexity index is 282. The van der Waals surface area contributed by atoms with Crippen LogP contribution in [0.3, 0.4) is 0 Å². The fourth-order valence-electron chi connectivity index (χ4n) is 2.53. The van der Waals surface area contributed by atoms with Gasteiger partial charge in [-0.25, -0.2) is 0 Å². The zero-order valence-electron chi connectivity index (χ0n) is 13.3. The maximum Gasteiger partial charge on any atom is 0.190 e. The summed E-state index contributed by atoms with van der Waals surface area (Å²) in [7, 11) is 0. The molecule has 0 aliphatic heterocycles. The molecule has 1 rings (SSSR count). The van der Waals surface area contributed by atoms with Crippen molar-refractivity contribution in [1.29, 1.82) is 0 Å². The van der Waals surface area contributed by atoms with Crippen LogP contribution in [0, 0.1) is 0 Å². The molecule has 0 fully saturated rings. The van der Waals surface area contributed by atoms with E-state index in [9.17, 15) is 0 Å². The van der Waals surface area contributed by atoms with Crippen molar-refractivity contribution in [1.82, 2.24) is 4.98 Å². The third-order valence-electron chi connectivity index (χ3n) is 3.82. The molecule has 0 spiro atoms. The average Bonchev–Trinajstić information content (AvgIpc) is 2.97. The number of H-pyrrole nitrogens is 1. The van der Waals surface area contributed by atoms with Crippen LogP contribution in [0.1, 0.15) is 84.0 Å². The van der Waals surface area contributed by atoms with Gasteiger partial charge in [0.25, 0.3) is 0 Å². The fourth-order valence-corrected chi connectivity index (χ4v) is 2.53. The highest BCUT2D eigenvalue weighted by Gasteiger charge is 1.95. The molecule has 0 aliphatic rings. The summed E-state index contributed by atoms with van der Waals surface area (Å²) in [6.45, 7) is 3.13. The summed E-state index contributed by atoms with van der Waals surface area (Å²) in [5, 5.41) is 0. The summed E-state index contributed by atoms with van der Waals surface area (Å²) in [5.74, 6) is 0.896. The standard InChI is InChI=1S/C18H33NO/c1-2-3-4-5-6-7-8-9-10-11-12-13-17-20-18-15-14-16-19-18/h14-16,19H,2-13,17H2,1H3. The number of ether oxygens (including phenoxy) is 1. The molecule has 0 saturated carbocycles. The Labute approximate surface area is 125 Å². The lowest BCUT2D eigenvalue weighted by Gasteiger charge is -2.04. The maximum absolute atomic E-state index is 5.58. The fraction of sp³-hybridized carbons (Fsp3) is 0.778. The van der Waals surface area contributed by atoms with Crippen LogP contribution >= 0.6 is 0 Å². The molecule has 1 aromatic heterocycles. The number of hydrogen-bond donors (Lipinski definition) is 1. The van der Waals surface area contributed by atoms with Gasteiger partial charge in [-0.1, -0.05) is 77.6 Å². The monoisotopic (exact) mass is 279 g/mol. The molecule has 0 aromatic carbocycles. The molecule has 0 atom stereocenters. The SMILES string of the molecule is CCCCCCCCCCCCCCOc1ccc[nH]1. The number of unbranched alkanes of at least 4 members (excludes halogenated alkanes) is 11. The molecule has 20 heavy (non-hydrogen) atoms. The van der Waals surface area contributed by atoms with Crippen molar-refractivity contribution >= 4 is 0 Å². The maximum atomic E-state index is 5.58. The van der Waals surface area contributed by atoms with Crippen molar-refractivity contribution in [3.05, 3.63) is 18.3 Å². The van der Waals surface area contributed by atoms with Gasteiger partial charge in [0, 0.05) is 6.20 Å². The molecule has 1 heterocycles. The van der Waals surface area contributed by atoms with E-state index in [1.807, 2.05) is 18.3 Å². The second-order valence-corrected chi connectivity index (χ2v) is 5.77. The minimum absolute atomic E-state index is 0.845. The van der Waals surface area contributed by atoms with Gasteiger partial charge in [0.15, 0.2) is 5.88 Å². The minimum Gasteiger partial charge on any atom is -0.479 e. The number of nitrogens with one attached hydrogen (secondary N) is 1. The highest BCUT2D eigenvalue weighted by molar-refractivity contribution is 5.09. The van der Waals surface area contributed by atoms with Crippen LogP contribution in [0.15, 0.2) is 18.3 Å². The highest BCUT2D eigenvalue weighted by Crippen LogP contribution is 2.12. The Hall–Kier alpha value is -0.920. The third kappa shape index (κ3) is 9.94. The molecule has 0 radical (unpaired) electrons. The van der Waals surface area contributed by atoms with Crippen molar-refractivity contribution in [2.24, 2.45) is 0 Å². The van der Waals surface area contributed by atoms with E-state index in [4.69, 9.17) is 4.74 Å². The molecule has 116 valence electrons. The molecule has 2 heteroatoms. The highest BCUT2D eigenvalue weighted by atomic mass is 16.5. The molecule has 0 unspecified atom stereocenters. The molecule has 1 aromatic rings. The lowest BCUT2D eigenvalue weighted by Crippen LogP contribution is -1.97. The predicted octanol–water partition coefficient (Wildman–Crippen LogP) is 6.09. The molecule has 0 amide bonds. The van der Waals surface area contributed by atoms with E-state index in [1.54, 1.807) is 0 Å². The van der Waals surface area contributed by atoms with Gasteiger partial charge in [-0.15, -0.1) is 0 Å². The quantitative estimate of drug-likeness (QED) is 0.409. The normalized spacial score (nSPS) is 10.8. The van der Waals surface area contributed by atoms with Crippen molar-refractivity contribution in [3.8, 4) is 5.88 Å². The van der Waals surface area contributed by atoms with Crippen LogP contribution in [0.4, 0.5) is 0 Å². The molecule has 2 nitrogen and oxygen atoms in total. The average molecular weight is 279 g/mol. The first-order chi connectivity index (χ1) is 9.93.